The topological polar surface area (TPSA) is 247 Å². The molecule has 2 unspecified atom stereocenters. The minimum Gasteiger partial charge on any atom is -0.387 e. The Labute approximate surface area is 178 Å². The van der Waals surface area contributed by atoms with E-state index in [1.165, 1.54) is 6.20 Å². The number of phosphoric ester groups is 1. The van der Waals surface area contributed by atoms with E-state index in [1.54, 1.807) is 6.92 Å². The SMILES string of the molecule is CCc1cn([C@@H]2O[C@H](COP(=O)(O)OP(=O)(O)OP(=O)(O)O)[C@@H](O)[C@H]2O)c(=O)[nH]c1=S. The summed E-state index contributed by atoms with van der Waals surface area (Å²) in [5.74, 6) is 0. The van der Waals surface area contributed by atoms with E-state index in [4.69, 9.17) is 31.6 Å². The molecule has 7 N–H and O–H groups in total. The molecule has 0 spiro atoms. The van der Waals surface area contributed by atoms with Gasteiger partial charge in [0.1, 0.15) is 23.0 Å². The predicted molar refractivity (Wildman–Crippen MR) is 101 cm³/mol. The largest absolute Gasteiger partial charge is 0.490 e. The molecule has 1 aromatic heterocycles. The van der Waals surface area contributed by atoms with Crippen LogP contribution in [-0.2, 0) is 38.0 Å². The zero-order valence-electron chi connectivity index (χ0n) is 15.4. The predicted octanol–water partition coefficient (Wildman–Crippen LogP) is -0.569. The first-order valence-electron chi connectivity index (χ1n) is 8.19. The molecular formula is C11H19N2O14P3S. The number of H-pyrrole nitrogens is 1. The third-order valence-electron chi connectivity index (χ3n) is 3.85. The Bertz CT molecular complexity index is 1070. The molecule has 2 heterocycles. The average Bonchev–Trinajstić information content (AvgIpc) is 2.85. The highest BCUT2D eigenvalue weighted by atomic mass is 32.1. The highest BCUT2D eigenvalue weighted by molar-refractivity contribution is 7.71. The van der Waals surface area contributed by atoms with Gasteiger partial charge in [-0.1, -0.05) is 19.1 Å². The van der Waals surface area contributed by atoms with Crippen LogP contribution < -0.4 is 5.69 Å². The smallest absolute Gasteiger partial charge is 0.387 e. The molecule has 178 valence electrons. The lowest BCUT2D eigenvalue weighted by molar-refractivity contribution is -0.0543. The third-order valence-corrected chi connectivity index (χ3v) is 8.02. The second kappa shape index (κ2) is 9.71. The minimum absolute atomic E-state index is 0.168. The summed E-state index contributed by atoms with van der Waals surface area (Å²) < 4.78 is 51.5. The number of ether oxygens (including phenoxy) is 1. The van der Waals surface area contributed by atoms with E-state index in [1.807, 2.05) is 0 Å². The first-order chi connectivity index (χ1) is 14.1. The van der Waals surface area contributed by atoms with Crippen LogP contribution in [0.25, 0.3) is 0 Å². The van der Waals surface area contributed by atoms with Crippen molar-refractivity contribution in [3.63, 3.8) is 0 Å². The van der Waals surface area contributed by atoms with Crippen molar-refractivity contribution in [2.45, 2.75) is 37.9 Å². The van der Waals surface area contributed by atoms with Crippen molar-refractivity contribution in [1.82, 2.24) is 9.55 Å². The highest BCUT2D eigenvalue weighted by Gasteiger charge is 2.46. The number of aromatic amines is 1. The summed E-state index contributed by atoms with van der Waals surface area (Å²) in [7, 11) is -16.7. The molecule has 6 atom stereocenters. The number of phosphoric acid groups is 3. The number of aromatic nitrogens is 2. The molecule has 0 radical (unpaired) electrons. The molecule has 2 rings (SSSR count). The second-order valence-electron chi connectivity index (χ2n) is 6.11. The molecule has 1 aliphatic heterocycles. The number of hydrogen-bond acceptors (Lipinski definition) is 11. The normalized spacial score (nSPS) is 28.2. The van der Waals surface area contributed by atoms with Crippen LogP contribution in [0.5, 0.6) is 0 Å². The maximum Gasteiger partial charge on any atom is 0.490 e. The fourth-order valence-electron chi connectivity index (χ4n) is 2.54. The van der Waals surface area contributed by atoms with Crippen LogP contribution in [-0.4, -0.2) is 64.3 Å². The fraction of sp³-hybridized carbons (Fsp3) is 0.636. The number of aliphatic hydroxyl groups excluding tert-OH is 2. The molecule has 0 aliphatic carbocycles. The Balaban J connectivity index is 2.12. The molecule has 0 saturated carbocycles. The lowest BCUT2D eigenvalue weighted by Gasteiger charge is -2.19. The first kappa shape index (κ1) is 26.6. The van der Waals surface area contributed by atoms with E-state index >= 15 is 0 Å². The highest BCUT2D eigenvalue weighted by Crippen LogP contribution is 2.66. The average molecular weight is 528 g/mol. The molecule has 0 aromatic carbocycles. The second-order valence-corrected chi connectivity index (χ2v) is 10.9. The van der Waals surface area contributed by atoms with Crippen molar-refractivity contribution in [3.05, 3.63) is 26.9 Å². The number of nitrogens with one attached hydrogen (secondary N) is 1. The summed E-state index contributed by atoms with van der Waals surface area (Å²) in [5, 5.41) is 20.3. The molecule has 31 heavy (non-hydrogen) atoms. The number of rotatable bonds is 9. The summed E-state index contributed by atoms with van der Waals surface area (Å²) in [6.45, 7) is 0.747. The Morgan fingerprint density at radius 2 is 1.74 bits per heavy atom. The van der Waals surface area contributed by atoms with Gasteiger partial charge in [-0.05, 0) is 6.42 Å². The van der Waals surface area contributed by atoms with Crippen molar-refractivity contribution in [2.24, 2.45) is 0 Å². The molecular weight excluding hydrogens is 509 g/mol. The minimum atomic E-state index is -5.72. The fourth-order valence-corrected chi connectivity index (χ4v) is 5.85. The molecule has 1 fully saturated rings. The van der Waals surface area contributed by atoms with Gasteiger partial charge in [-0.3, -0.25) is 14.1 Å². The summed E-state index contributed by atoms with van der Waals surface area (Å²) in [6, 6.07) is 0. The molecule has 1 aromatic rings. The van der Waals surface area contributed by atoms with Gasteiger partial charge in [0, 0.05) is 11.8 Å². The Kier molecular flexibility index (Phi) is 8.35. The number of aryl methyl sites for hydroxylation is 1. The van der Waals surface area contributed by atoms with Crippen LogP contribution in [0.1, 0.15) is 18.7 Å². The third kappa shape index (κ3) is 7.19. The van der Waals surface area contributed by atoms with Gasteiger partial charge >= 0.3 is 29.2 Å². The van der Waals surface area contributed by atoms with Crippen LogP contribution in [0.4, 0.5) is 0 Å². The standard InChI is InChI=1S/C11H19N2O14P3S/c1-2-5-3-13(11(16)12-9(5)31)10-8(15)7(14)6(25-10)4-24-29(20,21)27-30(22,23)26-28(17,18)19/h3,6-8,10,14-15H,2,4H2,1H3,(H,20,21)(H,22,23)(H,12,16,31)(H2,17,18,19)/t6-,7-,8-,10-/m1/s1. The maximum absolute atomic E-state index is 12.1. The van der Waals surface area contributed by atoms with Crippen molar-refractivity contribution >= 4 is 35.7 Å². The summed E-state index contributed by atoms with van der Waals surface area (Å²) in [6.07, 6.45) is -4.68. The van der Waals surface area contributed by atoms with Crippen LogP contribution in [0.15, 0.2) is 11.0 Å². The van der Waals surface area contributed by atoms with Gasteiger partial charge in [-0.25, -0.2) is 18.5 Å². The van der Waals surface area contributed by atoms with E-state index in [2.05, 4.69) is 18.1 Å². The van der Waals surface area contributed by atoms with Gasteiger partial charge in [0.25, 0.3) is 0 Å². The van der Waals surface area contributed by atoms with Gasteiger partial charge in [0.15, 0.2) is 6.23 Å². The Hall–Kier alpha value is -0.610. The maximum atomic E-state index is 12.1. The van der Waals surface area contributed by atoms with Crippen molar-refractivity contribution in [1.29, 1.82) is 0 Å². The van der Waals surface area contributed by atoms with Crippen molar-refractivity contribution < 1.29 is 61.4 Å². The van der Waals surface area contributed by atoms with Gasteiger partial charge < -0.3 is 34.5 Å². The zero-order valence-corrected chi connectivity index (χ0v) is 18.9. The van der Waals surface area contributed by atoms with Gasteiger partial charge in [-0.2, -0.15) is 8.62 Å². The number of aliphatic hydroxyl groups is 2. The Morgan fingerprint density at radius 3 is 2.29 bits per heavy atom. The van der Waals surface area contributed by atoms with Crippen LogP contribution in [0.2, 0.25) is 0 Å². The summed E-state index contributed by atoms with van der Waals surface area (Å²) in [5.41, 5.74) is -0.247. The lowest BCUT2D eigenvalue weighted by Crippen LogP contribution is -2.36. The zero-order chi connectivity index (χ0) is 23.8. The summed E-state index contributed by atoms with van der Waals surface area (Å²) in [4.78, 5) is 50.0. The van der Waals surface area contributed by atoms with Gasteiger partial charge in [0.05, 0.1) is 6.61 Å². The van der Waals surface area contributed by atoms with Crippen LogP contribution in [0, 0.1) is 4.64 Å². The van der Waals surface area contributed by atoms with E-state index < -0.39 is 60.3 Å². The first-order valence-corrected chi connectivity index (χ1v) is 13.1. The monoisotopic (exact) mass is 528 g/mol. The van der Waals surface area contributed by atoms with E-state index in [9.17, 15) is 33.6 Å². The molecule has 20 heteroatoms. The molecule has 1 aliphatic rings. The Morgan fingerprint density at radius 1 is 1.13 bits per heavy atom. The molecule has 1 saturated heterocycles. The van der Waals surface area contributed by atoms with E-state index in [0.29, 0.717) is 12.0 Å². The quantitative estimate of drug-likeness (QED) is 0.157. The number of hydrogen-bond donors (Lipinski definition) is 7. The molecule has 0 amide bonds. The van der Waals surface area contributed by atoms with Crippen LogP contribution in [0.3, 0.4) is 0 Å². The van der Waals surface area contributed by atoms with Gasteiger partial charge in [-0.15, -0.1) is 0 Å². The molecule has 16 nitrogen and oxygen atoms in total. The molecule has 0 bridgehead atoms. The van der Waals surface area contributed by atoms with E-state index in [-0.39, 0.29) is 4.64 Å². The van der Waals surface area contributed by atoms with Crippen LogP contribution >= 0.6 is 35.7 Å². The number of nitrogens with zero attached hydrogens (tertiary/aromatic N) is 1. The lowest BCUT2D eigenvalue weighted by atomic mass is 10.1. The summed E-state index contributed by atoms with van der Waals surface area (Å²) >= 11 is 4.99. The van der Waals surface area contributed by atoms with Gasteiger partial charge in [0.2, 0.25) is 0 Å². The van der Waals surface area contributed by atoms with Crippen molar-refractivity contribution in [2.75, 3.05) is 6.61 Å². The van der Waals surface area contributed by atoms with Crippen molar-refractivity contribution in [3.8, 4) is 0 Å². The van der Waals surface area contributed by atoms with E-state index in [0.717, 1.165) is 4.57 Å².